The zero-order valence-corrected chi connectivity index (χ0v) is 18.0. The van der Waals surface area contributed by atoms with Gasteiger partial charge in [-0.15, -0.1) is 11.3 Å². The van der Waals surface area contributed by atoms with Crippen molar-refractivity contribution in [3.63, 3.8) is 0 Å². The van der Waals surface area contributed by atoms with E-state index in [0.29, 0.717) is 10.9 Å². The SMILES string of the molecule is O=C(CCC(=O)c1cccs1)Nc1cccc(S(=O)(=O)Nc2cccc(C(F)(F)F)c2)c1. The maximum absolute atomic E-state index is 12.9. The molecule has 2 N–H and O–H groups in total. The Morgan fingerprint density at radius 3 is 2.31 bits per heavy atom. The molecular formula is C21H17F3N2O4S2. The first kappa shape index (κ1) is 23.5. The highest BCUT2D eigenvalue weighted by molar-refractivity contribution is 7.92. The molecular weight excluding hydrogens is 465 g/mol. The first-order valence-corrected chi connectivity index (χ1v) is 11.6. The maximum atomic E-state index is 12.9. The molecule has 0 spiro atoms. The van der Waals surface area contributed by atoms with Crippen LogP contribution in [0.2, 0.25) is 0 Å². The Bertz CT molecular complexity index is 1220. The van der Waals surface area contributed by atoms with Crippen LogP contribution in [0.5, 0.6) is 0 Å². The Labute approximate surface area is 186 Å². The number of benzene rings is 2. The summed E-state index contributed by atoms with van der Waals surface area (Å²) >= 11 is 1.28. The Kier molecular flexibility index (Phi) is 6.99. The number of Topliss-reactive ketones (excluding diaryl/α,β-unsaturated/α-hetero) is 1. The standard InChI is InChI=1S/C21H17F3N2O4S2/c22-21(23,24)14-4-1-6-16(12-14)26-32(29,30)17-7-2-5-15(13-17)25-20(28)10-9-18(27)19-8-3-11-31-19/h1-8,11-13,26H,9-10H2,(H,25,28). The van der Waals surface area contributed by atoms with Crippen LogP contribution in [0.3, 0.4) is 0 Å². The molecule has 0 bridgehead atoms. The van der Waals surface area contributed by atoms with Crippen molar-refractivity contribution in [3.8, 4) is 0 Å². The van der Waals surface area contributed by atoms with E-state index in [2.05, 4.69) is 10.0 Å². The van der Waals surface area contributed by atoms with E-state index >= 15 is 0 Å². The highest BCUT2D eigenvalue weighted by Crippen LogP contribution is 2.31. The van der Waals surface area contributed by atoms with Gasteiger partial charge in [-0.3, -0.25) is 14.3 Å². The van der Waals surface area contributed by atoms with Crippen molar-refractivity contribution in [2.75, 3.05) is 10.0 Å². The summed E-state index contributed by atoms with van der Waals surface area (Å²) < 4.78 is 65.9. The molecule has 3 rings (SSSR count). The number of hydrogen-bond donors (Lipinski definition) is 2. The summed E-state index contributed by atoms with van der Waals surface area (Å²) in [5.74, 6) is -0.646. The minimum Gasteiger partial charge on any atom is -0.326 e. The number of alkyl halides is 3. The third kappa shape index (κ3) is 6.17. The Morgan fingerprint density at radius 2 is 1.62 bits per heavy atom. The summed E-state index contributed by atoms with van der Waals surface area (Å²) in [5.41, 5.74) is -1.07. The van der Waals surface area contributed by atoms with Crippen LogP contribution in [0.25, 0.3) is 0 Å². The molecule has 32 heavy (non-hydrogen) atoms. The quantitative estimate of drug-likeness (QED) is 0.434. The molecule has 1 heterocycles. The molecule has 1 amide bonds. The molecule has 0 saturated carbocycles. The molecule has 0 unspecified atom stereocenters. The number of carbonyl (C=O) groups excluding carboxylic acids is 2. The fourth-order valence-corrected chi connectivity index (χ4v) is 4.51. The lowest BCUT2D eigenvalue weighted by Gasteiger charge is -2.12. The van der Waals surface area contributed by atoms with Crippen LogP contribution in [0.1, 0.15) is 28.1 Å². The largest absolute Gasteiger partial charge is 0.416 e. The molecule has 0 fully saturated rings. The molecule has 3 aromatic rings. The number of ketones is 1. The highest BCUT2D eigenvalue weighted by atomic mass is 32.2. The molecule has 6 nitrogen and oxygen atoms in total. The van der Waals surface area contributed by atoms with Crippen LogP contribution in [0.15, 0.2) is 70.9 Å². The molecule has 2 aromatic carbocycles. The number of halogens is 3. The zero-order valence-electron chi connectivity index (χ0n) is 16.3. The number of rotatable bonds is 8. The van der Waals surface area contributed by atoms with Crippen LogP contribution < -0.4 is 10.0 Å². The Hall–Kier alpha value is -3.18. The van der Waals surface area contributed by atoms with Crippen LogP contribution >= 0.6 is 11.3 Å². The number of sulfonamides is 1. The molecule has 0 aliphatic rings. The molecule has 0 aliphatic carbocycles. The number of carbonyl (C=O) groups is 2. The fraction of sp³-hybridized carbons (Fsp3) is 0.143. The summed E-state index contributed by atoms with van der Waals surface area (Å²) in [6, 6.07) is 12.5. The third-order valence-corrected chi connectivity index (χ3v) is 6.54. The average Bonchev–Trinajstić information content (AvgIpc) is 3.26. The minimum absolute atomic E-state index is 0.00143. The van der Waals surface area contributed by atoms with Crippen molar-refractivity contribution in [1.82, 2.24) is 0 Å². The molecule has 0 radical (unpaired) electrons. The van der Waals surface area contributed by atoms with E-state index in [9.17, 15) is 31.2 Å². The predicted octanol–water partition coefficient (Wildman–Crippen LogP) is 5.17. The first-order chi connectivity index (χ1) is 15.0. The van der Waals surface area contributed by atoms with E-state index < -0.39 is 27.7 Å². The van der Waals surface area contributed by atoms with Crippen molar-refractivity contribution in [2.24, 2.45) is 0 Å². The van der Waals surface area contributed by atoms with Crippen molar-refractivity contribution in [3.05, 3.63) is 76.5 Å². The van der Waals surface area contributed by atoms with E-state index in [1.54, 1.807) is 17.5 Å². The van der Waals surface area contributed by atoms with Gasteiger partial charge in [0.1, 0.15) is 0 Å². The highest BCUT2D eigenvalue weighted by Gasteiger charge is 2.30. The van der Waals surface area contributed by atoms with Gasteiger partial charge in [0.05, 0.1) is 15.3 Å². The Morgan fingerprint density at radius 1 is 0.906 bits per heavy atom. The van der Waals surface area contributed by atoms with Gasteiger partial charge in [0, 0.05) is 24.2 Å². The van der Waals surface area contributed by atoms with Crippen molar-refractivity contribution in [2.45, 2.75) is 23.9 Å². The van der Waals surface area contributed by atoms with Gasteiger partial charge in [0.25, 0.3) is 10.0 Å². The monoisotopic (exact) mass is 482 g/mol. The van der Waals surface area contributed by atoms with Gasteiger partial charge in [-0.05, 0) is 47.8 Å². The van der Waals surface area contributed by atoms with Crippen molar-refractivity contribution < 1.29 is 31.2 Å². The second-order valence-electron chi connectivity index (χ2n) is 6.66. The van der Waals surface area contributed by atoms with E-state index in [-0.39, 0.29) is 34.9 Å². The number of amides is 1. The second-order valence-corrected chi connectivity index (χ2v) is 9.29. The van der Waals surface area contributed by atoms with E-state index in [4.69, 9.17) is 0 Å². The molecule has 1 aromatic heterocycles. The lowest BCUT2D eigenvalue weighted by atomic mass is 10.2. The normalized spacial score (nSPS) is 11.7. The summed E-state index contributed by atoms with van der Waals surface area (Å²) in [4.78, 5) is 24.4. The molecule has 0 atom stereocenters. The number of thiophene rings is 1. The summed E-state index contributed by atoms with van der Waals surface area (Å²) in [5, 5.41) is 4.28. The van der Waals surface area contributed by atoms with Gasteiger partial charge in [-0.2, -0.15) is 13.2 Å². The maximum Gasteiger partial charge on any atom is 0.416 e. The summed E-state index contributed by atoms with van der Waals surface area (Å²) in [7, 11) is -4.21. The van der Waals surface area contributed by atoms with E-state index in [1.165, 1.54) is 41.7 Å². The lowest BCUT2D eigenvalue weighted by molar-refractivity contribution is -0.137. The Balaban J connectivity index is 1.67. The van der Waals surface area contributed by atoms with Crippen LogP contribution in [-0.2, 0) is 21.0 Å². The van der Waals surface area contributed by atoms with Gasteiger partial charge in [-0.1, -0.05) is 18.2 Å². The molecule has 11 heteroatoms. The van der Waals surface area contributed by atoms with Crippen LogP contribution in [0.4, 0.5) is 24.5 Å². The van der Waals surface area contributed by atoms with Gasteiger partial charge in [0.2, 0.25) is 5.91 Å². The number of hydrogen-bond acceptors (Lipinski definition) is 5. The fourth-order valence-electron chi connectivity index (χ4n) is 2.73. The van der Waals surface area contributed by atoms with Crippen molar-refractivity contribution >= 4 is 44.4 Å². The van der Waals surface area contributed by atoms with Crippen LogP contribution in [-0.4, -0.2) is 20.1 Å². The molecule has 0 saturated heterocycles. The topological polar surface area (TPSA) is 92.3 Å². The van der Waals surface area contributed by atoms with Gasteiger partial charge >= 0.3 is 6.18 Å². The van der Waals surface area contributed by atoms with E-state index in [1.807, 2.05) is 0 Å². The first-order valence-electron chi connectivity index (χ1n) is 9.21. The van der Waals surface area contributed by atoms with Crippen molar-refractivity contribution in [1.29, 1.82) is 0 Å². The average molecular weight is 483 g/mol. The van der Waals surface area contributed by atoms with Gasteiger partial charge < -0.3 is 5.32 Å². The van der Waals surface area contributed by atoms with Gasteiger partial charge in [0.15, 0.2) is 5.78 Å². The van der Waals surface area contributed by atoms with E-state index in [0.717, 1.165) is 12.1 Å². The third-order valence-electron chi connectivity index (χ3n) is 4.25. The smallest absolute Gasteiger partial charge is 0.326 e. The molecule has 0 aliphatic heterocycles. The minimum atomic E-state index is -4.61. The number of nitrogens with one attached hydrogen (secondary N) is 2. The summed E-state index contributed by atoms with van der Waals surface area (Å²) in [6.07, 6.45) is -4.70. The zero-order chi connectivity index (χ0) is 23.4. The summed E-state index contributed by atoms with van der Waals surface area (Å²) in [6.45, 7) is 0. The second kappa shape index (κ2) is 9.53. The molecule has 168 valence electrons. The lowest BCUT2D eigenvalue weighted by Crippen LogP contribution is -2.16. The van der Waals surface area contributed by atoms with Gasteiger partial charge in [-0.25, -0.2) is 8.42 Å². The number of anilines is 2. The van der Waals surface area contributed by atoms with Crippen LogP contribution in [0, 0.1) is 0 Å². The predicted molar refractivity (Wildman–Crippen MR) is 115 cm³/mol.